The molecule has 218 valence electrons. The molecule has 2 fully saturated rings. The highest BCUT2D eigenvalue weighted by molar-refractivity contribution is 5.90. The lowest BCUT2D eigenvalue weighted by Crippen LogP contribution is -2.56. The van der Waals surface area contributed by atoms with E-state index in [9.17, 15) is 19.2 Å². The van der Waals surface area contributed by atoms with Gasteiger partial charge in [0.1, 0.15) is 5.75 Å². The van der Waals surface area contributed by atoms with Gasteiger partial charge in [0, 0.05) is 56.0 Å². The summed E-state index contributed by atoms with van der Waals surface area (Å²) < 4.78 is 5.79. The number of rotatable bonds is 10. The first-order valence-electron chi connectivity index (χ1n) is 12.9. The average molecular weight is 560 g/mol. The van der Waals surface area contributed by atoms with Crippen LogP contribution in [0.4, 0.5) is 0 Å². The zero-order chi connectivity index (χ0) is 29.9. The van der Waals surface area contributed by atoms with Gasteiger partial charge >= 0.3 is 23.9 Å². The lowest BCUT2D eigenvalue weighted by atomic mass is 9.98. The highest BCUT2D eigenvalue weighted by Gasteiger charge is 2.30. The van der Waals surface area contributed by atoms with Crippen molar-refractivity contribution in [2.45, 2.75) is 51.1 Å². The molecule has 12 nitrogen and oxygen atoms in total. The molecule has 0 amide bonds. The van der Waals surface area contributed by atoms with E-state index in [1.165, 1.54) is 51.9 Å². The van der Waals surface area contributed by atoms with Crippen molar-refractivity contribution in [3.63, 3.8) is 0 Å². The van der Waals surface area contributed by atoms with Gasteiger partial charge in [-0.05, 0) is 63.4 Å². The molecule has 1 aromatic rings. The number of ether oxygens (including phenoxy) is 1. The first-order chi connectivity index (χ1) is 19.0. The molecule has 1 aromatic carbocycles. The van der Waals surface area contributed by atoms with Crippen molar-refractivity contribution in [3.05, 3.63) is 54.1 Å². The van der Waals surface area contributed by atoms with Crippen LogP contribution in [0, 0.1) is 11.3 Å². The third kappa shape index (κ3) is 15.3. The molecule has 2 saturated heterocycles. The molecule has 2 atom stereocenters. The Bertz CT molecular complexity index is 998. The molecule has 12 heteroatoms. The monoisotopic (exact) mass is 559 g/mol. The molecule has 0 aliphatic carbocycles. The smallest absolute Gasteiger partial charge is 0.328 e. The molecule has 4 N–H and O–H groups in total. The number of carboxylic acids is 4. The second-order valence-corrected chi connectivity index (χ2v) is 9.18. The largest absolute Gasteiger partial charge is 0.494 e. The second-order valence-electron chi connectivity index (χ2n) is 9.18. The van der Waals surface area contributed by atoms with Gasteiger partial charge in [-0.2, -0.15) is 5.26 Å². The molecule has 0 bridgehead atoms. The molecule has 0 aromatic heterocycles. The average Bonchev–Trinajstić information content (AvgIpc) is 2.93. The normalized spacial score (nSPS) is 17.8. The molecular weight excluding hydrogens is 522 g/mol. The van der Waals surface area contributed by atoms with E-state index in [2.05, 4.69) is 22.8 Å². The molecule has 0 spiro atoms. The van der Waals surface area contributed by atoms with E-state index >= 15 is 0 Å². The van der Waals surface area contributed by atoms with Crippen molar-refractivity contribution in [1.29, 1.82) is 5.26 Å². The van der Waals surface area contributed by atoms with Crippen molar-refractivity contribution in [2.75, 3.05) is 32.8 Å². The first kappa shape index (κ1) is 33.8. The van der Waals surface area contributed by atoms with Crippen molar-refractivity contribution in [1.82, 2.24) is 9.80 Å². The number of aliphatic carboxylic acids is 4. The Hall–Kier alpha value is -4.21. The number of nitriles is 1. The molecule has 0 radical (unpaired) electrons. The van der Waals surface area contributed by atoms with E-state index in [0.29, 0.717) is 35.9 Å². The van der Waals surface area contributed by atoms with Gasteiger partial charge in [0.05, 0.1) is 18.2 Å². The predicted molar refractivity (Wildman–Crippen MR) is 145 cm³/mol. The third-order valence-electron chi connectivity index (χ3n) is 6.25. The number of hydrogen-bond acceptors (Lipinski definition) is 8. The fourth-order valence-corrected chi connectivity index (χ4v) is 4.24. The summed E-state index contributed by atoms with van der Waals surface area (Å²) in [5.74, 6) is -4.17. The van der Waals surface area contributed by atoms with Gasteiger partial charge in [-0.25, -0.2) is 19.2 Å². The van der Waals surface area contributed by atoms with Crippen molar-refractivity contribution in [3.8, 4) is 11.8 Å². The van der Waals surface area contributed by atoms with Gasteiger partial charge in [0.25, 0.3) is 0 Å². The van der Waals surface area contributed by atoms with Crippen molar-refractivity contribution in [2.24, 2.45) is 0 Å². The highest BCUT2D eigenvalue weighted by Crippen LogP contribution is 2.23. The number of hydrogen-bond donors (Lipinski definition) is 4. The maximum absolute atomic E-state index is 9.55. The predicted octanol–water partition coefficient (Wildman–Crippen LogP) is 2.70. The maximum Gasteiger partial charge on any atom is 0.328 e. The van der Waals surface area contributed by atoms with Gasteiger partial charge in [-0.15, -0.1) is 0 Å². The lowest BCUT2D eigenvalue weighted by Gasteiger charge is -2.46. The van der Waals surface area contributed by atoms with E-state index in [1.54, 1.807) is 0 Å². The standard InChI is InChI=1S/C20H29N3O.2C4H4O4/c1-17(23-13-12-22-11-3-2-6-19(22)16-23)5-4-14-24-20-9-7-18(15-21)8-10-20;2*5-3(6)1-2-4(7)8/h7-10,17,19H,2-6,11-14,16H2,1H3;2*1-2H,(H,5,6)(H,7,8)/b;2*2-1+. The maximum atomic E-state index is 9.55. The Kier molecular flexibility index (Phi) is 16.0. The summed E-state index contributed by atoms with van der Waals surface area (Å²) in [6, 6.07) is 10.9. The molecule has 2 aliphatic rings. The van der Waals surface area contributed by atoms with Crippen LogP contribution in [-0.4, -0.2) is 99.0 Å². The zero-order valence-electron chi connectivity index (χ0n) is 22.5. The number of carbonyl (C=O) groups is 4. The quantitative estimate of drug-likeness (QED) is 0.243. The Morgan fingerprint density at radius 1 is 0.925 bits per heavy atom. The SMILES string of the molecule is CC(CCCOc1ccc(C#N)cc1)N1CCN2CCCCC2C1.O=C(O)/C=C/C(=O)O.O=C(O)/C=C/C(=O)O. The minimum absolute atomic E-state index is 0.558. The topological polar surface area (TPSA) is 189 Å². The van der Waals surface area contributed by atoms with Gasteiger partial charge < -0.3 is 25.2 Å². The molecule has 2 aliphatic heterocycles. The summed E-state index contributed by atoms with van der Waals surface area (Å²) in [5, 5.41) is 40.1. The van der Waals surface area contributed by atoms with Crippen LogP contribution in [0.1, 0.15) is 44.6 Å². The van der Waals surface area contributed by atoms with Crippen LogP contribution in [0.3, 0.4) is 0 Å². The van der Waals surface area contributed by atoms with Crippen molar-refractivity contribution < 1.29 is 44.3 Å². The number of carboxylic acid groups (broad SMARTS) is 4. The summed E-state index contributed by atoms with van der Waals surface area (Å²) in [6.45, 7) is 8.13. The number of piperidine rings is 1. The minimum atomic E-state index is -1.26. The van der Waals surface area contributed by atoms with Gasteiger partial charge in [0.2, 0.25) is 0 Å². The second kappa shape index (κ2) is 18.9. The Morgan fingerprint density at radius 3 is 1.98 bits per heavy atom. The molecule has 2 heterocycles. The zero-order valence-corrected chi connectivity index (χ0v) is 22.5. The first-order valence-corrected chi connectivity index (χ1v) is 12.9. The van der Waals surface area contributed by atoms with Crippen molar-refractivity contribution >= 4 is 23.9 Å². The fourth-order valence-electron chi connectivity index (χ4n) is 4.24. The summed E-state index contributed by atoms with van der Waals surface area (Å²) in [7, 11) is 0. The van der Waals surface area contributed by atoms with Crippen LogP contribution in [0.2, 0.25) is 0 Å². The third-order valence-corrected chi connectivity index (χ3v) is 6.25. The van der Waals surface area contributed by atoms with Gasteiger partial charge in [-0.1, -0.05) is 6.42 Å². The lowest BCUT2D eigenvalue weighted by molar-refractivity contribution is -0.134. The van der Waals surface area contributed by atoms with Gasteiger partial charge in [-0.3, -0.25) is 9.80 Å². The van der Waals surface area contributed by atoms with Crippen LogP contribution in [0.25, 0.3) is 0 Å². The van der Waals surface area contributed by atoms with E-state index in [0.717, 1.165) is 24.8 Å². The Morgan fingerprint density at radius 2 is 1.48 bits per heavy atom. The molecule has 40 heavy (non-hydrogen) atoms. The number of piperazine rings is 1. The van der Waals surface area contributed by atoms with Crippen LogP contribution >= 0.6 is 0 Å². The fraction of sp³-hybridized carbons (Fsp3) is 0.464. The van der Waals surface area contributed by atoms with Crippen LogP contribution in [0.15, 0.2) is 48.6 Å². The molecule has 0 saturated carbocycles. The number of benzene rings is 1. The summed E-state index contributed by atoms with van der Waals surface area (Å²) in [5.41, 5.74) is 0.679. The Balaban J connectivity index is 0.000000412. The molecular formula is C28H37N3O9. The number of fused-ring (bicyclic) bond motifs is 1. The molecule has 3 rings (SSSR count). The minimum Gasteiger partial charge on any atom is -0.494 e. The molecule has 2 unspecified atom stereocenters. The Labute approximate surface area is 233 Å². The van der Waals surface area contributed by atoms with E-state index in [1.807, 2.05) is 24.3 Å². The van der Waals surface area contributed by atoms with Crippen LogP contribution < -0.4 is 4.74 Å². The highest BCUT2D eigenvalue weighted by atomic mass is 16.5. The number of nitrogens with zero attached hydrogens (tertiary/aromatic N) is 3. The van der Waals surface area contributed by atoms with Crippen LogP contribution in [-0.2, 0) is 19.2 Å². The summed E-state index contributed by atoms with van der Waals surface area (Å²) in [6.07, 6.45) is 8.66. The van der Waals surface area contributed by atoms with E-state index in [4.69, 9.17) is 30.4 Å². The summed E-state index contributed by atoms with van der Waals surface area (Å²) in [4.78, 5) is 43.6. The summed E-state index contributed by atoms with van der Waals surface area (Å²) >= 11 is 0. The van der Waals surface area contributed by atoms with E-state index in [-0.39, 0.29) is 0 Å². The van der Waals surface area contributed by atoms with Gasteiger partial charge in [0.15, 0.2) is 0 Å². The van der Waals surface area contributed by atoms with E-state index < -0.39 is 23.9 Å². The van der Waals surface area contributed by atoms with Crippen LogP contribution in [0.5, 0.6) is 5.75 Å².